The van der Waals surface area contributed by atoms with Gasteiger partial charge in [0, 0.05) is 13.5 Å². The van der Waals surface area contributed by atoms with Crippen molar-refractivity contribution in [2.45, 2.75) is 57.2 Å². The van der Waals surface area contributed by atoms with Crippen molar-refractivity contribution in [3.63, 3.8) is 0 Å². The molecule has 0 radical (unpaired) electrons. The summed E-state index contributed by atoms with van der Waals surface area (Å²) in [5.74, 6) is -0.108. The van der Waals surface area contributed by atoms with Gasteiger partial charge >= 0.3 is 11.9 Å². The van der Waals surface area contributed by atoms with Gasteiger partial charge in [-0.3, -0.25) is 9.36 Å². The summed E-state index contributed by atoms with van der Waals surface area (Å²) in [6, 6.07) is 8.41. The molecule has 5 rings (SSSR count). The molecule has 1 aliphatic carbocycles. The maximum Gasteiger partial charge on any atom is 0.338 e. The molecular formula is C25H28FN5O5. The van der Waals surface area contributed by atoms with Gasteiger partial charge in [-0.25, -0.2) is 24.1 Å². The van der Waals surface area contributed by atoms with Crippen molar-refractivity contribution < 1.29 is 28.2 Å². The highest BCUT2D eigenvalue weighted by atomic mass is 19.1. The van der Waals surface area contributed by atoms with E-state index < -0.39 is 35.5 Å². The molecule has 1 aliphatic heterocycles. The highest BCUT2D eigenvalue weighted by Gasteiger charge is 2.66. The van der Waals surface area contributed by atoms with Gasteiger partial charge in [0.15, 0.2) is 34.5 Å². The zero-order valence-corrected chi connectivity index (χ0v) is 20.3. The lowest BCUT2D eigenvalue weighted by atomic mass is 9.84. The van der Waals surface area contributed by atoms with E-state index in [-0.39, 0.29) is 6.61 Å². The highest BCUT2D eigenvalue weighted by Crippen LogP contribution is 2.51. The Bertz CT molecular complexity index is 1280. The van der Waals surface area contributed by atoms with Gasteiger partial charge in [0.1, 0.15) is 19.0 Å². The molecule has 0 bridgehead atoms. The Morgan fingerprint density at radius 2 is 1.94 bits per heavy atom. The van der Waals surface area contributed by atoms with E-state index in [9.17, 15) is 9.59 Å². The van der Waals surface area contributed by atoms with Crippen molar-refractivity contribution >= 4 is 28.9 Å². The standard InChI is InChI=1S/C25H28FN5O5/c1-15(32)36-25(3)18(12-34-22(33)17-7-5-4-6-8-17)35-23(24(25,2)26)31-14-30-19-20(27-11-16-9-10-16)28-13-29-21(19)31/h4-8,13-14,16,18,23H,9-12H2,1-3H3,(H,27,28,29)/t18-,23+,24+,25-/m1/s1. The Morgan fingerprint density at radius 1 is 1.19 bits per heavy atom. The summed E-state index contributed by atoms with van der Waals surface area (Å²) in [6.45, 7) is 4.37. The molecule has 10 nitrogen and oxygen atoms in total. The van der Waals surface area contributed by atoms with Crippen LogP contribution >= 0.6 is 0 Å². The second kappa shape index (κ2) is 9.12. The van der Waals surface area contributed by atoms with E-state index in [1.54, 1.807) is 30.3 Å². The maximum absolute atomic E-state index is 16.6. The predicted molar refractivity (Wildman–Crippen MR) is 127 cm³/mol. The van der Waals surface area contributed by atoms with Crippen molar-refractivity contribution in [3.05, 3.63) is 48.5 Å². The third-order valence-corrected chi connectivity index (χ3v) is 6.94. The number of nitrogens with one attached hydrogen (secondary N) is 1. The Balaban J connectivity index is 1.44. The van der Waals surface area contributed by atoms with Gasteiger partial charge in [-0.05, 0) is 44.7 Å². The lowest BCUT2D eigenvalue weighted by molar-refractivity contribution is -0.175. The van der Waals surface area contributed by atoms with E-state index >= 15 is 4.39 Å². The number of benzene rings is 1. The Labute approximate surface area is 207 Å². The SMILES string of the molecule is CC(=O)O[C@]1(C)[C@@H](COC(=O)c2ccccc2)O[C@H](n2cnc3c(NCC4CC4)ncnc32)[C@]1(C)F. The molecular weight excluding hydrogens is 469 g/mol. The predicted octanol–water partition coefficient (Wildman–Crippen LogP) is 3.45. The topological polar surface area (TPSA) is 117 Å². The molecule has 3 aromatic rings. The first-order valence-corrected chi connectivity index (χ1v) is 11.9. The normalized spacial score (nSPS) is 27.7. The number of hydrogen-bond donors (Lipinski definition) is 1. The van der Waals surface area contributed by atoms with E-state index in [1.807, 2.05) is 0 Å². The molecule has 36 heavy (non-hydrogen) atoms. The number of nitrogens with zero attached hydrogens (tertiary/aromatic N) is 4. The molecule has 1 N–H and O–H groups in total. The van der Waals surface area contributed by atoms with Crippen molar-refractivity contribution in [1.82, 2.24) is 19.5 Å². The van der Waals surface area contributed by atoms with Crippen LogP contribution in [0.25, 0.3) is 11.2 Å². The summed E-state index contributed by atoms with van der Waals surface area (Å²) in [6.07, 6.45) is 2.80. The average Bonchev–Trinajstić information content (AvgIpc) is 3.55. The van der Waals surface area contributed by atoms with Gasteiger partial charge in [0.05, 0.1) is 11.9 Å². The molecule has 0 unspecified atom stereocenters. The second-order valence-corrected chi connectivity index (χ2v) is 9.59. The molecule has 190 valence electrons. The summed E-state index contributed by atoms with van der Waals surface area (Å²) >= 11 is 0. The number of anilines is 1. The van der Waals surface area contributed by atoms with Crippen LogP contribution in [0.1, 0.15) is 50.2 Å². The van der Waals surface area contributed by atoms with Gasteiger partial charge in [-0.1, -0.05) is 18.2 Å². The number of halogens is 1. The Hall–Kier alpha value is -3.60. The minimum atomic E-state index is -2.23. The first-order chi connectivity index (χ1) is 17.2. The molecule has 1 saturated heterocycles. The average molecular weight is 498 g/mol. The van der Waals surface area contributed by atoms with E-state index in [0.29, 0.717) is 28.5 Å². The number of alkyl halides is 1. The minimum Gasteiger partial charge on any atom is -0.459 e. The zero-order valence-electron chi connectivity index (χ0n) is 20.3. The largest absolute Gasteiger partial charge is 0.459 e. The number of esters is 2. The smallest absolute Gasteiger partial charge is 0.338 e. The first-order valence-electron chi connectivity index (χ1n) is 11.9. The quantitative estimate of drug-likeness (QED) is 0.467. The summed E-state index contributed by atoms with van der Waals surface area (Å²) in [5.41, 5.74) is -2.82. The number of aromatic nitrogens is 4. The van der Waals surface area contributed by atoms with Crippen molar-refractivity contribution in [2.24, 2.45) is 5.92 Å². The fourth-order valence-corrected chi connectivity index (χ4v) is 4.49. The van der Waals surface area contributed by atoms with E-state index in [4.69, 9.17) is 14.2 Å². The van der Waals surface area contributed by atoms with Crippen LogP contribution in [-0.2, 0) is 19.0 Å². The third-order valence-electron chi connectivity index (χ3n) is 6.94. The molecule has 0 amide bonds. The summed E-state index contributed by atoms with van der Waals surface area (Å²) in [4.78, 5) is 37.5. The third kappa shape index (κ3) is 4.27. The molecule has 11 heteroatoms. The van der Waals surface area contributed by atoms with Crippen LogP contribution in [0.3, 0.4) is 0 Å². The molecule has 0 spiro atoms. The highest BCUT2D eigenvalue weighted by molar-refractivity contribution is 5.89. The molecule has 1 saturated carbocycles. The Morgan fingerprint density at radius 3 is 2.64 bits per heavy atom. The van der Waals surface area contributed by atoms with E-state index in [0.717, 1.165) is 6.54 Å². The van der Waals surface area contributed by atoms with Gasteiger partial charge < -0.3 is 19.5 Å². The van der Waals surface area contributed by atoms with Gasteiger partial charge in [-0.2, -0.15) is 0 Å². The monoisotopic (exact) mass is 497 g/mol. The molecule has 3 heterocycles. The van der Waals surface area contributed by atoms with Crippen molar-refractivity contribution in [1.29, 1.82) is 0 Å². The summed E-state index contributed by atoms with van der Waals surface area (Å²) in [7, 11) is 0. The van der Waals surface area contributed by atoms with Crippen molar-refractivity contribution in [2.75, 3.05) is 18.5 Å². The van der Waals surface area contributed by atoms with Crippen LogP contribution in [0.4, 0.5) is 10.2 Å². The van der Waals surface area contributed by atoms with Crippen LogP contribution in [-0.4, -0.2) is 62.0 Å². The molecule has 1 aromatic carbocycles. The molecule has 4 atom stereocenters. The van der Waals surface area contributed by atoms with Gasteiger partial charge in [0.25, 0.3) is 0 Å². The van der Waals surface area contributed by atoms with Gasteiger partial charge in [0.2, 0.25) is 0 Å². The van der Waals surface area contributed by atoms with Crippen LogP contribution in [0.5, 0.6) is 0 Å². The van der Waals surface area contributed by atoms with Crippen LogP contribution in [0.15, 0.2) is 43.0 Å². The lowest BCUT2D eigenvalue weighted by Crippen LogP contribution is -2.55. The number of carbonyl (C=O) groups is 2. The number of rotatable bonds is 8. The van der Waals surface area contributed by atoms with Crippen LogP contribution < -0.4 is 5.32 Å². The fourth-order valence-electron chi connectivity index (χ4n) is 4.49. The lowest BCUT2D eigenvalue weighted by Gasteiger charge is -2.36. The number of imidazole rings is 1. The number of ether oxygens (including phenoxy) is 3. The molecule has 2 aliphatic rings. The van der Waals surface area contributed by atoms with Crippen LogP contribution in [0.2, 0.25) is 0 Å². The first kappa shape index (κ1) is 24.1. The maximum atomic E-state index is 16.6. The second-order valence-electron chi connectivity index (χ2n) is 9.59. The summed E-state index contributed by atoms with van der Waals surface area (Å²) < 4.78 is 35.1. The Kier molecular flexibility index (Phi) is 6.11. The van der Waals surface area contributed by atoms with E-state index in [2.05, 4.69) is 20.3 Å². The van der Waals surface area contributed by atoms with E-state index in [1.165, 1.54) is 50.8 Å². The van der Waals surface area contributed by atoms with Crippen molar-refractivity contribution in [3.8, 4) is 0 Å². The van der Waals surface area contributed by atoms with Crippen LogP contribution in [0, 0.1) is 5.92 Å². The minimum absolute atomic E-state index is 0.330. The molecule has 2 aromatic heterocycles. The zero-order chi connectivity index (χ0) is 25.5. The number of fused-ring (bicyclic) bond motifs is 1. The summed E-state index contributed by atoms with van der Waals surface area (Å²) in [5, 5.41) is 3.29. The number of carbonyl (C=O) groups excluding carboxylic acids is 2. The van der Waals surface area contributed by atoms with Gasteiger partial charge in [-0.15, -0.1) is 0 Å². The fraction of sp³-hybridized carbons (Fsp3) is 0.480. The molecule has 2 fully saturated rings. The number of hydrogen-bond acceptors (Lipinski definition) is 9.